The highest BCUT2D eigenvalue weighted by molar-refractivity contribution is 5.84. The van der Waals surface area contributed by atoms with E-state index >= 15 is 0 Å². The Kier molecular flexibility index (Phi) is 3.09. The Morgan fingerprint density at radius 2 is 2.17 bits per heavy atom. The Bertz CT molecular complexity index is 649. The van der Waals surface area contributed by atoms with Gasteiger partial charge in [0.15, 0.2) is 0 Å². The zero-order valence-electron chi connectivity index (χ0n) is 9.53. The van der Waals surface area contributed by atoms with Gasteiger partial charge in [-0.1, -0.05) is 6.07 Å². The molecule has 0 atom stereocenters. The minimum Gasteiger partial charge on any atom is -0.497 e. The fourth-order valence-corrected chi connectivity index (χ4v) is 1.45. The van der Waals surface area contributed by atoms with E-state index in [4.69, 9.17) is 9.84 Å². The van der Waals surface area contributed by atoms with Crippen LogP contribution in [-0.4, -0.2) is 28.0 Å². The molecule has 0 bridgehead atoms. The van der Waals surface area contributed by atoms with Crippen LogP contribution in [0.3, 0.4) is 0 Å². The van der Waals surface area contributed by atoms with Gasteiger partial charge in [0, 0.05) is 18.3 Å². The number of hydrogen-bond donors (Lipinski definition) is 1. The molecule has 1 aromatic heterocycles. The number of carbonyl (C=O) groups is 1. The quantitative estimate of drug-likeness (QED) is 0.871. The molecule has 0 fully saturated rings. The fraction of sp³-hybridized carbons (Fsp3) is 0.0833. The molecule has 0 radical (unpaired) electrons. The summed E-state index contributed by atoms with van der Waals surface area (Å²) in [5.41, 5.74) is -0.529. The number of carboxylic acids is 1. The highest BCUT2D eigenvalue weighted by atomic mass is 16.5. The van der Waals surface area contributed by atoms with Crippen LogP contribution in [0.1, 0.15) is 10.5 Å². The number of aromatic carboxylic acids is 1. The van der Waals surface area contributed by atoms with Gasteiger partial charge in [0.05, 0.1) is 12.8 Å². The molecule has 92 valence electrons. The van der Waals surface area contributed by atoms with Gasteiger partial charge in [0.2, 0.25) is 11.1 Å². The maximum atomic E-state index is 11.3. The molecule has 0 saturated carbocycles. The molecule has 6 nitrogen and oxygen atoms in total. The highest BCUT2D eigenvalue weighted by Crippen LogP contribution is 2.14. The summed E-state index contributed by atoms with van der Waals surface area (Å²) in [6.45, 7) is 0. The van der Waals surface area contributed by atoms with Gasteiger partial charge in [-0.3, -0.25) is 4.79 Å². The summed E-state index contributed by atoms with van der Waals surface area (Å²) >= 11 is 0. The second kappa shape index (κ2) is 4.70. The van der Waals surface area contributed by atoms with Crippen LogP contribution in [0.5, 0.6) is 5.75 Å². The molecule has 1 N–H and O–H groups in total. The van der Waals surface area contributed by atoms with Crippen molar-refractivity contribution in [2.24, 2.45) is 0 Å². The molecule has 0 saturated heterocycles. The van der Waals surface area contributed by atoms with E-state index in [9.17, 15) is 9.59 Å². The summed E-state index contributed by atoms with van der Waals surface area (Å²) in [5, 5.41) is 12.6. The van der Waals surface area contributed by atoms with Crippen LogP contribution in [0.2, 0.25) is 0 Å². The lowest BCUT2D eigenvalue weighted by atomic mass is 10.3. The third-order valence-corrected chi connectivity index (χ3v) is 2.33. The summed E-state index contributed by atoms with van der Waals surface area (Å²) in [5.74, 6) is -0.734. The molecule has 0 aliphatic carbocycles. The van der Waals surface area contributed by atoms with E-state index in [1.54, 1.807) is 24.3 Å². The Morgan fingerprint density at radius 3 is 2.83 bits per heavy atom. The van der Waals surface area contributed by atoms with Crippen molar-refractivity contribution in [1.82, 2.24) is 9.78 Å². The van der Waals surface area contributed by atoms with Crippen LogP contribution in [0.15, 0.2) is 41.3 Å². The van der Waals surface area contributed by atoms with E-state index in [2.05, 4.69) is 5.10 Å². The lowest BCUT2D eigenvalue weighted by Crippen LogP contribution is -2.20. The maximum Gasteiger partial charge on any atom is 0.360 e. The molecule has 0 spiro atoms. The van der Waals surface area contributed by atoms with Crippen LogP contribution >= 0.6 is 0 Å². The molecule has 0 amide bonds. The molecule has 0 aliphatic heterocycles. The van der Waals surface area contributed by atoms with Gasteiger partial charge in [-0.2, -0.15) is 5.10 Å². The second-order valence-electron chi connectivity index (χ2n) is 3.48. The first kappa shape index (κ1) is 11.8. The van der Waals surface area contributed by atoms with Crippen LogP contribution < -0.4 is 10.2 Å². The van der Waals surface area contributed by atoms with Gasteiger partial charge < -0.3 is 9.84 Å². The number of rotatable bonds is 3. The van der Waals surface area contributed by atoms with Gasteiger partial charge >= 0.3 is 5.97 Å². The van der Waals surface area contributed by atoms with Crippen molar-refractivity contribution in [3.63, 3.8) is 0 Å². The van der Waals surface area contributed by atoms with Crippen molar-refractivity contribution in [2.75, 3.05) is 7.11 Å². The molecule has 6 heteroatoms. The third-order valence-electron chi connectivity index (χ3n) is 2.33. The predicted octanol–water partition coefficient (Wildman–Crippen LogP) is 0.939. The first-order valence-corrected chi connectivity index (χ1v) is 5.09. The largest absolute Gasteiger partial charge is 0.497 e. The van der Waals surface area contributed by atoms with Gasteiger partial charge in [0.1, 0.15) is 5.75 Å². The lowest BCUT2D eigenvalue weighted by molar-refractivity contribution is 0.0687. The van der Waals surface area contributed by atoms with Crippen molar-refractivity contribution in [3.8, 4) is 11.4 Å². The number of methoxy groups -OCH3 is 1. The third kappa shape index (κ3) is 2.22. The minimum atomic E-state index is -1.35. The zero-order chi connectivity index (χ0) is 13.1. The zero-order valence-corrected chi connectivity index (χ0v) is 9.53. The summed E-state index contributed by atoms with van der Waals surface area (Å²) < 4.78 is 6.37. The van der Waals surface area contributed by atoms with Gasteiger partial charge in [-0.25, -0.2) is 9.48 Å². The molecular weight excluding hydrogens is 236 g/mol. The molecule has 2 rings (SSSR count). The Balaban J connectivity index is 2.54. The van der Waals surface area contributed by atoms with E-state index in [0.29, 0.717) is 11.4 Å². The fourth-order valence-electron chi connectivity index (χ4n) is 1.45. The molecule has 0 aliphatic rings. The summed E-state index contributed by atoms with van der Waals surface area (Å²) in [6, 6.07) is 8.07. The van der Waals surface area contributed by atoms with Crippen LogP contribution in [0.4, 0.5) is 0 Å². The Labute approximate surface area is 102 Å². The Hall–Kier alpha value is -2.63. The molecule has 1 aromatic carbocycles. The summed E-state index contributed by atoms with van der Waals surface area (Å²) in [7, 11) is 1.53. The molecule has 2 aromatic rings. The standard InChI is InChI=1S/C12H10N2O4/c1-18-9-4-2-3-8(7-9)14-6-5-10(15)11(13-14)12(16)17/h2-7H,1H3,(H,16,17). The number of carboxylic acid groups (broad SMARTS) is 1. The first-order chi connectivity index (χ1) is 8.61. The normalized spacial score (nSPS) is 10.1. The number of nitrogens with zero attached hydrogens (tertiary/aromatic N) is 2. The number of ether oxygens (including phenoxy) is 1. The topological polar surface area (TPSA) is 81.4 Å². The smallest absolute Gasteiger partial charge is 0.360 e. The Morgan fingerprint density at radius 1 is 1.39 bits per heavy atom. The van der Waals surface area contributed by atoms with E-state index in [1.165, 1.54) is 18.0 Å². The highest BCUT2D eigenvalue weighted by Gasteiger charge is 2.11. The summed E-state index contributed by atoms with van der Waals surface area (Å²) in [4.78, 5) is 22.1. The van der Waals surface area contributed by atoms with Crippen LogP contribution in [0, 0.1) is 0 Å². The van der Waals surface area contributed by atoms with E-state index in [1.807, 2.05) is 0 Å². The van der Waals surface area contributed by atoms with Gasteiger partial charge in [0.25, 0.3) is 0 Å². The van der Waals surface area contributed by atoms with Crippen molar-refractivity contribution >= 4 is 5.97 Å². The number of benzene rings is 1. The van der Waals surface area contributed by atoms with E-state index < -0.39 is 17.1 Å². The van der Waals surface area contributed by atoms with Crippen LogP contribution in [0.25, 0.3) is 5.69 Å². The molecule has 0 unspecified atom stereocenters. The van der Waals surface area contributed by atoms with E-state index in [-0.39, 0.29) is 0 Å². The summed E-state index contributed by atoms with van der Waals surface area (Å²) in [6.07, 6.45) is 1.41. The van der Waals surface area contributed by atoms with Gasteiger partial charge in [-0.05, 0) is 12.1 Å². The van der Waals surface area contributed by atoms with Crippen molar-refractivity contribution in [2.45, 2.75) is 0 Å². The van der Waals surface area contributed by atoms with Crippen molar-refractivity contribution < 1.29 is 14.6 Å². The molecular formula is C12H10N2O4. The molecule has 18 heavy (non-hydrogen) atoms. The van der Waals surface area contributed by atoms with Gasteiger partial charge in [-0.15, -0.1) is 0 Å². The number of hydrogen-bond acceptors (Lipinski definition) is 4. The lowest BCUT2D eigenvalue weighted by Gasteiger charge is -2.07. The average molecular weight is 246 g/mol. The first-order valence-electron chi connectivity index (χ1n) is 5.09. The SMILES string of the molecule is COc1cccc(-n2ccc(=O)c(C(=O)O)n2)c1. The van der Waals surface area contributed by atoms with Crippen molar-refractivity contribution in [3.05, 3.63) is 52.4 Å². The van der Waals surface area contributed by atoms with E-state index in [0.717, 1.165) is 6.07 Å². The maximum absolute atomic E-state index is 11.3. The number of aromatic nitrogens is 2. The second-order valence-corrected chi connectivity index (χ2v) is 3.48. The monoisotopic (exact) mass is 246 g/mol. The van der Waals surface area contributed by atoms with Crippen LogP contribution in [-0.2, 0) is 0 Å². The average Bonchev–Trinajstić information content (AvgIpc) is 2.39. The van der Waals surface area contributed by atoms with Crippen molar-refractivity contribution in [1.29, 1.82) is 0 Å². The minimum absolute atomic E-state index is 0.514. The predicted molar refractivity (Wildman–Crippen MR) is 63.3 cm³/mol. The molecule has 1 heterocycles.